The monoisotopic (exact) mass is 353 g/mol. The predicted octanol–water partition coefficient (Wildman–Crippen LogP) is 2.27. The second kappa shape index (κ2) is 5.52. The summed E-state index contributed by atoms with van der Waals surface area (Å²) in [7, 11) is 1.73. The van der Waals surface area contributed by atoms with Gasteiger partial charge in [0, 0.05) is 35.7 Å². The van der Waals surface area contributed by atoms with Crippen LogP contribution in [0.2, 0.25) is 0 Å². The number of carbonyl (C=O) groups is 2. The number of halogens is 1. The molecule has 2 heterocycles. The zero-order valence-corrected chi connectivity index (χ0v) is 14.8. The average molecular weight is 354 g/mol. The summed E-state index contributed by atoms with van der Waals surface area (Å²) in [6, 6.07) is 0. The molecule has 0 unspecified atom stereocenters. The van der Waals surface area contributed by atoms with Crippen molar-refractivity contribution in [3.63, 3.8) is 0 Å². The van der Waals surface area contributed by atoms with E-state index >= 15 is 0 Å². The Balaban J connectivity index is 1.55. The van der Waals surface area contributed by atoms with Crippen LogP contribution in [0.5, 0.6) is 0 Å². The Morgan fingerprint density at radius 3 is 2.78 bits per heavy atom. The number of aromatic nitrogens is 2. The predicted molar refractivity (Wildman–Crippen MR) is 90.4 cm³/mol. The van der Waals surface area contributed by atoms with E-state index in [-0.39, 0.29) is 17.6 Å². The van der Waals surface area contributed by atoms with Gasteiger partial charge in [-0.25, -0.2) is 0 Å². The number of aryl methyl sites for hydroxylation is 1. The van der Waals surface area contributed by atoms with Gasteiger partial charge < -0.3 is 4.90 Å². The first-order valence-electron chi connectivity index (χ1n) is 8.15. The number of nitrogens with zero attached hydrogens (tertiary/aromatic N) is 3. The number of hydrogen-bond donors (Lipinski definition) is 0. The molecule has 1 amide bonds. The Bertz CT molecular complexity index is 679. The quantitative estimate of drug-likeness (QED) is 0.581. The molecular weight excluding hydrogens is 334 g/mol. The molecule has 7 heteroatoms. The van der Waals surface area contributed by atoms with Crippen molar-refractivity contribution >= 4 is 35.1 Å². The smallest absolute Gasteiger partial charge is 0.272 e. The molecule has 0 saturated heterocycles. The third-order valence-electron chi connectivity index (χ3n) is 4.88. The highest BCUT2D eigenvalue weighted by Crippen LogP contribution is 2.55. The van der Waals surface area contributed by atoms with E-state index in [0.717, 1.165) is 17.4 Å². The van der Waals surface area contributed by atoms with Gasteiger partial charge in [-0.1, -0.05) is 0 Å². The molecule has 0 bridgehead atoms. The van der Waals surface area contributed by atoms with Gasteiger partial charge >= 0.3 is 0 Å². The number of carbonyl (C=O) groups excluding carboxylic acids is 2. The molecule has 0 N–H and O–H groups in total. The Morgan fingerprint density at radius 1 is 1.43 bits per heavy atom. The fourth-order valence-electron chi connectivity index (χ4n) is 3.35. The van der Waals surface area contributed by atoms with Crippen molar-refractivity contribution in [1.29, 1.82) is 0 Å². The maximum absolute atomic E-state index is 12.9. The second-order valence-electron chi connectivity index (χ2n) is 6.83. The molecule has 5 nitrogen and oxygen atoms in total. The first-order chi connectivity index (χ1) is 11.0. The number of hydrogen-bond acceptors (Lipinski definition) is 4. The summed E-state index contributed by atoms with van der Waals surface area (Å²) in [5, 5.41) is 5.07. The maximum Gasteiger partial charge on any atom is 0.272 e. The fraction of sp³-hybridized carbons (Fsp3) is 0.688. The molecule has 2 fully saturated rings. The van der Waals surface area contributed by atoms with Crippen molar-refractivity contribution in [3.8, 4) is 0 Å². The van der Waals surface area contributed by atoms with Crippen molar-refractivity contribution < 1.29 is 9.59 Å². The van der Waals surface area contributed by atoms with Gasteiger partial charge in [0.15, 0.2) is 5.78 Å². The number of Topliss-reactive ketones (excluding diaryl/α,β-unsaturated/α-hetero) is 1. The molecule has 1 aliphatic heterocycles. The molecule has 0 atom stereocenters. The van der Waals surface area contributed by atoms with Crippen LogP contribution in [0.4, 0.5) is 0 Å². The summed E-state index contributed by atoms with van der Waals surface area (Å²) in [4.78, 5) is 26.8. The van der Waals surface area contributed by atoms with Crippen LogP contribution in [-0.4, -0.2) is 55.3 Å². The van der Waals surface area contributed by atoms with Crippen molar-refractivity contribution in [2.45, 2.75) is 42.1 Å². The highest BCUT2D eigenvalue weighted by atomic mass is 35.5. The van der Waals surface area contributed by atoms with Gasteiger partial charge in [0.05, 0.1) is 5.88 Å². The van der Waals surface area contributed by atoms with Crippen molar-refractivity contribution in [1.82, 2.24) is 14.7 Å². The Kier molecular flexibility index (Phi) is 3.72. The molecule has 1 aromatic heterocycles. The molecule has 3 aliphatic rings. The maximum atomic E-state index is 12.9. The van der Waals surface area contributed by atoms with Gasteiger partial charge in [0.25, 0.3) is 5.91 Å². The summed E-state index contributed by atoms with van der Waals surface area (Å²) >= 11 is 7.74. The first-order valence-corrected chi connectivity index (χ1v) is 9.56. The number of amides is 1. The third kappa shape index (κ3) is 2.80. The van der Waals surface area contributed by atoms with E-state index in [1.165, 1.54) is 25.7 Å². The number of alkyl halides is 1. The number of thioether (sulfide) groups is 1. The number of ketones is 1. The minimum absolute atomic E-state index is 0.0116. The highest BCUT2D eigenvalue weighted by molar-refractivity contribution is 8.01. The largest absolute Gasteiger partial charge is 0.336 e. The van der Waals surface area contributed by atoms with Gasteiger partial charge in [-0.3, -0.25) is 14.3 Å². The van der Waals surface area contributed by atoms with Crippen molar-refractivity contribution in [2.24, 2.45) is 7.05 Å². The van der Waals surface area contributed by atoms with Crippen LogP contribution in [-0.2, 0) is 13.5 Å². The van der Waals surface area contributed by atoms with E-state index in [2.05, 4.69) is 16.9 Å². The van der Waals surface area contributed by atoms with Crippen LogP contribution in [0.3, 0.4) is 0 Å². The Morgan fingerprint density at radius 2 is 2.17 bits per heavy atom. The molecule has 4 rings (SSSR count). The number of fused-ring (bicyclic) bond motifs is 1. The Labute approximate surface area is 144 Å². The van der Waals surface area contributed by atoms with Crippen LogP contribution in [0, 0.1) is 0 Å². The third-order valence-corrected chi connectivity index (χ3v) is 6.96. The van der Waals surface area contributed by atoms with Crippen LogP contribution >= 0.6 is 23.4 Å². The lowest BCUT2D eigenvalue weighted by Gasteiger charge is -2.31. The van der Waals surface area contributed by atoms with Crippen LogP contribution in [0.1, 0.15) is 52.2 Å². The summed E-state index contributed by atoms with van der Waals surface area (Å²) in [6.45, 7) is 1.50. The van der Waals surface area contributed by atoms with E-state index < -0.39 is 0 Å². The Hall–Kier alpha value is -1.01. The van der Waals surface area contributed by atoms with Gasteiger partial charge in [0.2, 0.25) is 0 Å². The summed E-state index contributed by atoms with van der Waals surface area (Å²) in [5.41, 5.74) is 1.72. The minimum atomic E-state index is -0.201. The van der Waals surface area contributed by atoms with E-state index in [4.69, 9.17) is 11.6 Å². The number of rotatable bonds is 6. The van der Waals surface area contributed by atoms with E-state index in [1.54, 1.807) is 11.7 Å². The van der Waals surface area contributed by atoms with Crippen molar-refractivity contribution in [2.75, 3.05) is 19.0 Å². The van der Waals surface area contributed by atoms with E-state index in [1.807, 2.05) is 4.90 Å². The zero-order chi connectivity index (χ0) is 16.2. The molecule has 0 aromatic carbocycles. The van der Waals surface area contributed by atoms with Gasteiger partial charge in [0.1, 0.15) is 11.4 Å². The minimum Gasteiger partial charge on any atom is -0.336 e. The summed E-state index contributed by atoms with van der Waals surface area (Å²) in [6.07, 6.45) is 5.78. The molecule has 2 saturated carbocycles. The van der Waals surface area contributed by atoms with Gasteiger partial charge in [-0.05, 0) is 32.1 Å². The normalized spacial score (nSPS) is 22.2. The van der Waals surface area contributed by atoms with Crippen molar-refractivity contribution in [3.05, 3.63) is 17.0 Å². The molecule has 0 radical (unpaired) electrons. The average Bonchev–Trinajstić information content (AvgIpc) is 3.45. The first kappa shape index (κ1) is 15.5. The zero-order valence-electron chi connectivity index (χ0n) is 13.2. The lowest BCUT2D eigenvalue weighted by molar-refractivity contribution is 0.0725. The molecule has 2 aliphatic carbocycles. The molecular formula is C16H20ClN3O2S. The lowest BCUT2D eigenvalue weighted by Crippen LogP contribution is -2.43. The van der Waals surface area contributed by atoms with Gasteiger partial charge in [-0.2, -0.15) is 5.10 Å². The molecule has 124 valence electrons. The lowest BCUT2D eigenvalue weighted by atomic mass is 10.0. The molecule has 1 aromatic rings. The fourth-order valence-corrected chi connectivity index (χ4v) is 5.12. The van der Waals surface area contributed by atoms with Crippen LogP contribution < -0.4 is 0 Å². The van der Waals surface area contributed by atoms with E-state index in [0.29, 0.717) is 29.1 Å². The topological polar surface area (TPSA) is 55.2 Å². The summed E-state index contributed by atoms with van der Waals surface area (Å²) < 4.78 is 1.85. The molecule has 23 heavy (non-hydrogen) atoms. The SMILES string of the molecule is Cn1nc(C(=O)CCl)c2c1C(=O)N(CC1(SC3CC3)CC1)CC2. The molecule has 0 spiro atoms. The highest BCUT2D eigenvalue weighted by Gasteiger charge is 2.49. The van der Waals surface area contributed by atoms with Crippen LogP contribution in [0.15, 0.2) is 0 Å². The van der Waals surface area contributed by atoms with Gasteiger partial charge in [-0.15, -0.1) is 23.4 Å². The second-order valence-corrected chi connectivity index (χ2v) is 8.87. The van der Waals surface area contributed by atoms with E-state index in [9.17, 15) is 9.59 Å². The summed E-state index contributed by atoms with van der Waals surface area (Å²) in [5.74, 6) is -0.284. The standard InChI is InChI=1S/C16H20ClN3O2S/c1-19-14-11(13(18-19)12(21)8-17)4-7-20(15(14)22)9-16(5-6-16)23-10-2-3-10/h10H,2-9H2,1H3. The van der Waals surface area contributed by atoms with Crippen LogP contribution in [0.25, 0.3) is 0 Å².